The van der Waals surface area contributed by atoms with Crippen LogP contribution in [0.3, 0.4) is 0 Å². The third-order valence-electron chi connectivity index (χ3n) is 6.96. The molecule has 9 heteroatoms. The number of Topliss-reactive ketones (excluding diaryl/α,β-unsaturated/α-hetero) is 2. The summed E-state index contributed by atoms with van der Waals surface area (Å²) in [4.78, 5) is 40.1. The van der Waals surface area contributed by atoms with E-state index in [9.17, 15) is 27.6 Å². The standard InChI is InChI=1S/C29H30F3N3O3/c1-19(36)21-10-8-9-20(15-21)16-22(28(38)34(2)23-11-4-3-5-12-23)17-24(37)18-35-26-14-7-6-13-25(26)27(33-35)29(30,31)32/h3-5,8-12,15,22H,6-7,13-14,16-18H2,1-2H3/t22-/m1/s1. The summed E-state index contributed by atoms with van der Waals surface area (Å²) < 4.78 is 41.9. The second-order valence-corrected chi connectivity index (χ2v) is 9.77. The first-order valence-electron chi connectivity index (χ1n) is 12.6. The Morgan fingerprint density at radius 1 is 1.03 bits per heavy atom. The lowest BCUT2D eigenvalue weighted by Gasteiger charge is -2.24. The highest BCUT2D eigenvalue weighted by Gasteiger charge is 2.39. The molecule has 0 spiro atoms. The highest BCUT2D eigenvalue weighted by molar-refractivity contribution is 5.97. The first kappa shape index (κ1) is 27.3. The smallest absolute Gasteiger partial charge is 0.315 e. The number of halogens is 3. The summed E-state index contributed by atoms with van der Waals surface area (Å²) in [6.07, 6.45) is -2.45. The van der Waals surface area contributed by atoms with Gasteiger partial charge in [0.2, 0.25) is 5.91 Å². The van der Waals surface area contributed by atoms with Crippen molar-refractivity contribution in [2.45, 2.75) is 58.2 Å². The number of anilines is 1. The van der Waals surface area contributed by atoms with Crippen LogP contribution >= 0.6 is 0 Å². The zero-order valence-corrected chi connectivity index (χ0v) is 21.4. The van der Waals surface area contributed by atoms with E-state index in [4.69, 9.17) is 0 Å². The molecule has 2 aromatic carbocycles. The van der Waals surface area contributed by atoms with Gasteiger partial charge in [-0.25, -0.2) is 0 Å². The average Bonchev–Trinajstić information content (AvgIpc) is 3.27. The summed E-state index contributed by atoms with van der Waals surface area (Å²) in [6, 6.07) is 15.9. The van der Waals surface area contributed by atoms with Crippen LogP contribution in [-0.4, -0.2) is 34.3 Å². The lowest BCUT2D eigenvalue weighted by Crippen LogP contribution is -2.35. The van der Waals surface area contributed by atoms with Crippen LogP contribution in [0.4, 0.5) is 18.9 Å². The highest BCUT2D eigenvalue weighted by Crippen LogP contribution is 2.36. The Balaban J connectivity index is 1.59. The van der Waals surface area contributed by atoms with Crippen LogP contribution in [-0.2, 0) is 41.6 Å². The molecule has 0 saturated heterocycles. The van der Waals surface area contributed by atoms with Gasteiger partial charge in [-0.15, -0.1) is 0 Å². The molecule has 1 aromatic heterocycles. The van der Waals surface area contributed by atoms with Gasteiger partial charge in [-0.2, -0.15) is 18.3 Å². The van der Waals surface area contributed by atoms with Gasteiger partial charge in [-0.1, -0.05) is 36.4 Å². The topological polar surface area (TPSA) is 72.3 Å². The van der Waals surface area contributed by atoms with Crippen LogP contribution in [0.15, 0.2) is 54.6 Å². The van der Waals surface area contributed by atoms with Gasteiger partial charge in [-0.05, 0) is 62.8 Å². The van der Waals surface area contributed by atoms with Crippen molar-refractivity contribution in [2.75, 3.05) is 11.9 Å². The van der Waals surface area contributed by atoms with E-state index in [1.807, 2.05) is 6.07 Å². The largest absolute Gasteiger partial charge is 0.435 e. The van der Waals surface area contributed by atoms with Crippen molar-refractivity contribution in [1.29, 1.82) is 0 Å². The fraction of sp³-hybridized carbons (Fsp3) is 0.379. The number of aromatic nitrogens is 2. The Hall–Kier alpha value is -3.75. The molecule has 0 bridgehead atoms. The number of rotatable bonds is 9. The van der Waals surface area contributed by atoms with Crippen LogP contribution in [0.2, 0.25) is 0 Å². The molecular formula is C29H30F3N3O3. The van der Waals surface area contributed by atoms with Crippen molar-refractivity contribution in [1.82, 2.24) is 9.78 Å². The van der Waals surface area contributed by atoms with Gasteiger partial charge in [0.25, 0.3) is 0 Å². The lowest BCUT2D eigenvalue weighted by molar-refractivity contribution is -0.142. The SMILES string of the molecule is CC(=O)c1cccc(C[C@H](CC(=O)Cn2nc(C(F)(F)F)c3c2CCCC3)C(=O)N(C)c2ccccc2)c1. The molecule has 3 aromatic rings. The Kier molecular flexibility index (Phi) is 8.14. The summed E-state index contributed by atoms with van der Waals surface area (Å²) in [5.74, 6) is -1.56. The third-order valence-corrected chi connectivity index (χ3v) is 6.96. The summed E-state index contributed by atoms with van der Waals surface area (Å²) in [6.45, 7) is 1.12. The Bertz CT molecular complexity index is 1330. The highest BCUT2D eigenvalue weighted by atomic mass is 19.4. The molecule has 1 amide bonds. The van der Waals surface area contributed by atoms with E-state index in [1.54, 1.807) is 55.6 Å². The van der Waals surface area contributed by atoms with Crippen LogP contribution < -0.4 is 4.90 Å². The van der Waals surface area contributed by atoms with E-state index in [0.29, 0.717) is 29.8 Å². The Morgan fingerprint density at radius 3 is 2.42 bits per heavy atom. The van der Waals surface area contributed by atoms with E-state index in [-0.39, 0.29) is 48.8 Å². The number of fused-ring (bicyclic) bond motifs is 1. The zero-order valence-electron chi connectivity index (χ0n) is 21.4. The molecule has 1 atom stereocenters. The third kappa shape index (κ3) is 6.20. The Morgan fingerprint density at radius 2 is 1.74 bits per heavy atom. The van der Waals surface area contributed by atoms with Crippen molar-refractivity contribution in [3.63, 3.8) is 0 Å². The minimum atomic E-state index is -4.59. The van der Waals surface area contributed by atoms with E-state index in [2.05, 4.69) is 5.10 Å². The number of para-hydroxylation sites is 1. The number of carbonyl (C=O) groups is 3. The number of alkyl halides is 3. The van der Waals surface area contributed by atoms with Gasteiger partial charge >= 0.3 is 6.18 Å². The summed E-state index contributed by atoms with van der Waals surface area (Å²) in [7, 11) is 1.63. The van der Waals surface area contributed by atoms with E-state index >= 15 is 0 Å². The molecule has 6 nitrogen and oxygen atoms in total. The first-order valence-corrected chi connectivity index (χ1v) is 12.6. The fourth-order valence-corrected chi connectivity index (χ4v) is 5.04. The van der Waals surface area contributed by atoms with Gasteiger partial charge in [0.1, 0.15) is 0 Å². The monoisotopic (exact) mass is 525 g/mol. The number of ketones is 2. The maximum absolute atomic E-state index is 13.6. The predicted molar refractivity (Wildman–Crippen MR) is 137 cm³/mol. The molecule has 0 fully saturated rings. The van der Waals surface area contributed by atoms with Crippen molar-refractivity contribution in [3.05, 3.63) is 82.7 Å². The first-order chi connectivity index (χ1) is 18.0. The molecule has 200 valence electrons. The minimum Gasteiger partial charge on any atom is -0.315 e. The second kappa shape index (κ2) is 11.3. The lowest BCUT2D eigenvalue weighted by atomic mass is 9.91. The minimum absolute atomic E-state index is 0.115. The molecule has 0 unspecified atom stereocenters. The van der Waals surface area contributed by atoms with Crippen molar-refractivity contribution < 1.29 is 27.6 Å². The zero-order chi connectivity index (χ0) is 27.4. The van der Waals surface area contributed by atoms with Gasteiger partial charge in [0.05, 0.1) is 6.54 Å². The summed E-state index contributed by atoms with van der Waals surface area (Å²) in [5.41, 5.74) is 1.59. The second-order valence-electron chi connectivity index (χ2n) is 9.77. The maximum atomic E-state index is 13.6. The number of nitrogens with zero attached hydrogens (tertiary/aromatic N) is 3. The van der Waals surface area contributed by atoms with Crippen molar-refractivity contribution in [2.24, 2.45) is 5.92 Å². The Labute approximate surface area is 219 Å². The van der Waals surface area contributed by atoms with Crippen molar-refractivity contribution in [3.8, 4) is 0 Å². The average molecular weight is 526 g/mol. The molecule has 4 rings (SSSR count). The fourth-order valence-electron chi connectivity index (χ4n) is 5.04. The molecular weight excluding hydrogens is 495 g/mol. The van der Waals surface area contributed by atoms with Crippen LogP contribution in [0, 0.1) is 5.92 Å². The molecule has 0 aliphatic heterocycles. The number of hydrogen-bond donors (Lipinski definition) is 0. The maximum Gasteiger partial charge on any atom is 0.435 e. The van der Waals surface area contributed by atoms with Crippen LogP contribution in [0.5, 0.6) is 0 Å². The van der Waals surface area contributed by atoms with Gasteiger partial charge in [0.15, 0.2) is 17.3 Å². The molecule has 0 saturated carbocycles. The molecule has 1 aliphatic rings. The van der Waals surface area contributed by atoms with Crippen LogP contribution in [0.1, 0.15) is 59.1 Å². The van der Waals surface area contributed by atoms with E-state index in [0.717, 1.165) is 12.0 Å². The van der Waals surface area contributed by atoms with Gasteiger partial charge in [0, 0.05) is 41.9 Å². The number of hydrogen-bond acceptors (Lipinski definition) is 4. The van der Waals surface area contributed by atoms with Gasteiger partial charge in [-0.3, -0.25) is 19.1 Å². The van der Waals surface area contributed by atoms with E-state index in [1.165, 1.54) is 16.5 Å². The van der Waals surface area contributed by atoms with Crippen LogP contribution in [0.25, 0.3) is 0 Å². The van der Waals surface area contributed by atoms with Gasteiger partial charge < -0.3 is 4.90 Å². The normalized spacial score (nSPS) is 14.0. The molecule has 38 heavy (non-hydrogen) atoms. The summed E-state index contributed by atoms with van der Waals surface area (Å²) >= 11 is 0. The summed E-state index contributed by atoms with van der Waals surface area (Å²) in [5, 5.41) is 3.79. The number of benzene rings is 2. The molecule has 0 radical (unpaired) electrons. The molecule has 1 heterocycles. The predicted octanol–water partition coefficient (Wildman–Crippen LogP) is 5.46. The van der Waals surface area contributed by atoms with E-state index < -0.39 is 17.8 Å². The number of carbonyl (C=O) groups excluding carboxylic acids is 3. The molecule has 0 N–H and O–H groups in total. The number of amides is 1. The van der Waals surface area contributed by atoms with Crippen molar-refractivity contribution >= 4 is 23.2 Å². The molecule has 1 aliphatic carbocycles. The quantitative estimate of drug-likeness (QED) is 0.348.